The molecule has 2 aromatic rings. The molecule has 0 spiro atoms. The number of hydrogen-bond donors (Lipinski definition) is 2. The van der Waals surface area contributed by atoms with Gasteiger partial charge in [0, 0.05) is 6.54 Å². The Bertz CT molecular complexity index is 694. The lowest BCUT2D eigenvalue weighted by Crippen LogP contribution is -2.38. The first-order chi connectivity index (χ1) is 9.99. The maximum atomic E-state index is 11.9. The number of amides is 1. The van der Waals surface area contributed by atoms with Gasteiger partial charge in [-0.1, -0.05) is 26.0 Å². The lowest BCUT2D eigenvalue weighted by molar-refractivity contribution is -0.122. The normalized spacial score (nSPS) is 12.6. The number of benzene rings is 1. The third kappa shape index (κ3) is 3.66. The topological polar surface area (TPSA) is 84.2 Å². The molecule has 0 bridgehead atoms. The summed E-state index contributed by atoms with van der Waals surface area (Å²) in [6.45, 7) is 3.83. The van der Waals surface area contributed by atoms with E-state index in [1.165, 1.54) is 10.8 Å². The van der Waals surface area contributed by atoms with Crippen molar-refractivity contribution in [2.45, 2.75) is 26.5 Å². The first-order valence-electron chi connectivity index (χ1n) is 6.88. The first-order valence-corrected chi connectivity index (χ1v) is 6.88. The molecule has 1 aromatic carbocycles. The van der Waals surface area contributed by atoms with Crippen molar-refractivity contribution in [3.63, 3.8) is 0 Å². The molecule has 0 fully saturated rings. The van der Waals surface area contributed by atoms with Gasteiger partial charge in [-0.3, -0.25) is 14.2 Å². The van der Waals surface area contributed by atoms with Gasteiger partial charge in [-0.15, -0.1) is 0 Å². The van der Waals surface area contributed by atoms with E-state index in [9.17, 15) is 14.7 Å². The summed E-state index contributed by atoms with van der Waals surface area (Å²) in [6.07, 6.45) is 0.610. The number of nitrogens with zero attached hydrogens (tertiary/aromatic N) is 2. The summed E-state index contributed by atoms with van der Waals surface area (Å²) in [5.74, 6) is -0.247. The van der Waals surface area contributed by atoms with E-state index in [1.54, 1.807) is 18.2 Å². The molecule has 1 amide bonds. The van der Waals surface area contributed by atoms with E-state index in [2.05, 4.69) is 10.3 Å². The second kappa shape index (κ2) is 6.49. The van der Waals surface area contributed by atoms with Crippen molar-refractivity contribution in [3.8, 4) is 0 Å². The van der Waals surface area contributed by atoms with Crippen LogP contribution in [0.25, 0.3) is 11.0 Å². The molecule has 2 rings (SSSR count). The second-order valence-corrected chi connectivity index (χ2v) is 5.29. The number of carbonyl (C=O) groups is 1. The summed E-state index contributed by atoms with van der Waals surface area (Å²) in [5.41, 5.74) is 0.949. The minimum Gasteiger partial charge on any atom is -0.391 e. The van der Waals surface area contributed by atoms with Crippen LogP contribution >= 0.6 is 0 Å². The maximum Gasteiger partial charge on any atom is 0.269 e. The molecule has 21 heavy (non-hydrogen) atoms. The van der Waals surface area contributed by atoms with E-state index in [0.29, 0.717) is 11.0 Å². The highest BCUT2D eigenvalue weighted by atomic mass is 16.3. The molecule has 6 nitrogen and oxygen atoms in total. The Balaban J connectivity index is 2.14. The van der Waals surface area contributed by atoms with Crippen molar-refractivity contribution >= 4 is 16.9 Å². The highest BCUT2D eigenvalue weighted by molar-refractivity contribution is 5.79. The van der Waals surface area contributed by atoms with Crippen molar-refractivity contribution in [2.75, 3.05) is 6.54 Å². The molecule has 1 atom stereocenters. The number of nitrogens with one attached hydrogen (secondary N) is 1. The van der Waals surface area contributed by atoms with Gasteiger partial charge in [-0.2, -0.15) is 0 Å². The van der Waals surface area contributed by atoms with Crippen molar-refractivity contribution in [1.29, 1.82) is 0 Å². The Morgan fingerprint density at radius 1 is 1.38 bits per heavy atom. The molecular formula is C15H19N3O3. The Morgan fingerprint density at radius 2 is 2.10 bits per heavy atom. The van der Waals surface area contributed by atoms with Crippen molar-refractivity contribution in [1.82, 2.24) is 14.9 Å². The zero-order valence-corrected chi connectivity index (χ0v) is 12.1. The number of aliphatic hydroxyl groups excluding tert-OH is 1. The van der Waals surface area contributed by atoms with Gasteiger partial charge in [-0.05, 0) is 18.1 Å². The third-order valence-electron chi connectivity index (χ3n) is 3.33. The van der Waals surface area contributed by atoms with E-state index < -0.39 is 6.10 Å². The van der Waals surface area contributed by atoms with E-state index in [0.717, 1.165) is 0 Å². The quantitative estimate of drug-likeness (QED) is 0.841. The fourth-order valence-corrected chi connectivity index (χ4v) is 1.93. The minimum atomic E-state index is -0.597. The Labute approximate surface area is 122 Å². The monoisotopic (exact) mass is 289 g/mol. The predicted octanol–water partition coefficient (Wildman–Crippen LogP) is 0.530. The molecule has 0 aliphatic carbocycles. The number of aliphatic hydroxyl groups is 1. The van der Waals surface area contributed by atoms with E-state index in [-0.39, 0.29) is 30.5 Å². The smallest absolute Gasteiger partial charge is 0.269 e. The van der Waals surface area contributed by atoms with Gasteiger partial charge in [0.1, 0.15) is 6.54 Å². The molecule has 0 radical (unpaired) electrons. The predicted molar refractivity (Wildman–Crippen MR) is 79.9 cm³/mol. The standard InChI is InChI=1S/C15H19N3O3/c1-10(2)13(19)7-17-14(20)9-18-12-6-4-3-5-11(12)16-8-15(18)21/h3-6,8,10,13,19H,7,9H2,1-2H3,(H,17,20). The van der Waals surface area contributed by atoms with Crippen molar-refractivity contribution in [2.24, 2.45) is 5.92 Å². The molecule has 1 unspecified atom stereocenters. The number of para-hydroxylation sites is 2. The molecule has 6 heteroatoms. The lowest BCUT2D eigenvalue weighted by atomic mass is 10.1. The second-order valence-electron chi connectivity index (χ2n) is 5.29. The molecule has 2 N–H and O–H groups in total. The average molecular weight is 289 g/mol. The summed E-state index contributed by atoms with van der Waals surface area (Å²) >= 11 is 0. The summed E-state index contributed by atoms with van der Waals surface area (Å²) < 4.78 is 1.37. The lowest BCUT2D eigenvalue weighted by Gasteiger charge is -2.15. The molecule has 0 aliphatic heterocycles. The molecule has 0 aliphatic rings. The largest absolute Gasteiger partial charge is 0.391 e. The number of carbonyl (C=O) groups excluding carboxylic acids is 1. The van der Waals surface area contributed by atoms with Crippen LogP contribution in [0.4, 0.5) is 0 Å². The number of rotatable bonds is 5. The van der Waals surface area contributed by atoms with Gasteiger partial charge in [-0.25, -0.2) is 4.98 Å². The van der Waals surface area contributed by atoms with E-state index >= 15 is 0 Å². The van der Waals surface area contributed by atoms with Crippen LogP contribution in [0.15, 0.2) is 35.3 Å². The molecular weight excluding hydrogens is 270 g/mol. The van der Waals surface area contributed by atoms with Crippen molar-refractivity contribution < 1.29 is 9.90 Å². The number of aromatic nitrogens is 2. The van der Waals surface area contributed by atoms with Gasteiger partial charge in [0.05, 0.1) is 23.3 Å². The molecule has 0 saturated heterocycles. The summed E-state index contributed by atoms with van der Waals surface area (Å²) in [7, 11) is 0. The highest BCUT2D eigenvalue weighted by Crippen LogP contribution is 2.07. The van der Waals surface area contributed by atoms with Gasteiger partial charge < -0.3 is 10.4 Å². The molecule has 1 heterocycles. The Morgan fingerprint density at radius 3 is 2.81 bits per heavy atom. The summed E-state index contributed by atoms with van der Waals surface area (Å²) in [6, 6.07) is 7.15. The molecule has 112 valence electrons. The van der Waals surface area contributed by atoms with Gasteiger partial charge in [0.15, 0.2) is 0 Å². The van der Waals surface area contributed by atoms with Crippen LogP contribution in [0.2, 0.25) is 0 Å². The molecule has 0 saturated carbocycles. The number of fused-ring (bicyclic) bond motifs is 1. The van der Waals surface area contributed by atoms with Crippen LogP contribution in [0.3, 0.4) is 0 Å². The zero-order chi connectivity index (χ0) is 15.4. The minimum absolute atomic E-state index is 0.0646. The number of hydrogen-bond acceptors (Lipinski definition) is 4. The Kier molecular flexibility index (Phi) is 4.70. The van der Waals surface area contributed by atoms with Gasteiger partial charge in [0.2, 0.25) is 5.91 Å². The van der Waals surface area contributed by atoms with Crippen LogP contribution < -0.4 is 10.9 Å². The summed E-state index contributed by atoms with van der Waals surface area (Å²) in [4.78, 5) is 27.9. The van der Waals surface area contributed by atoms with Crippen LogP contribution in [0.5, 0.6) is 0 Å². The fourth-order valence-electron chi connectivity index (χ4n) is 1.93. The zero-order valence-electron chi connectivity index (χ0n) is 12.1. The van der Waals surface area contributed by atoms with Crippen LogP contribution in [0.1, 0.15) is 13.8 Å². The molecule has 1 aromatic heterocycles. The highest BCUT2D eigenvalue weighted by Gasteiger charge is 2.12. The van der Waals surface area contributed by atoms with Crippen LogP contribution in [0, 0.1) is 5.92 Å². The summed E-state index contributed by atoms with van der Waals surface area (Å²) in [5, 5.41) is 12.3. The SMILES string of the molecule is CC(C)C(O)CNC(=O)Cn1c(=O)cnc2ccccc21. The van der Waals surface area contributed by atoms with E-state index in [1.807, 2.05) is 19.9 Å². The van der Waals surface area contributed by atoms with Crippen LogP contribution in [-0.2, 0) is 11.3 Å². The first kappa shape index (κ1) is 15.2. The average Bonchev–Trinajstić information content (AvgIpc) is 2.47. The maximum absolute atomic E-state index is 11.9. The van der Waals surface area contributed by atoms with Gasteiger partial charge >= 0.3 is 0 Å². The van der Waals surface area contributed by atoms with Crippen LogP contribution in [-0.4, -0.2) is 33.2 Å². The van der Waals surface area contributed by atoms with Crippen molar-refractivity contribution in [3.05, 3.63) is 40.8 Å². The third-order valence-corrected chi connectivity index (χ3v) is 3.33. The van der Waals surface area contributed by atoms with Gasteiger partial charge in [0.25, 0.3) is 5.56 Å². The fraction of sp³-hybridized carbons (Fsp3) is 0.400. The van der Waals surface area contributed by atoms with E-state index in [4.69, 9.17) is 0 Å². The Hall–Kier alpha value is -2.21.